The molecule has 0 spiro atoms. The van der Waals surface area contributed by atoms with Crippen molar-refractivity contribution >= 4 is 39.1 Å². The summed E-state index contributed by atoms with van der Waals surface area (Å²) in [5.74, 6) is 0.154. The molecule has 4 aromatic carbocycles. The van der Waals surface area contributed by atoms with Crippen LogP contribution in [-0.4, -0.2) is 35.1 Å². The van der Waals surface area contributed by atoms with Crippen molar-refractivity contribution in [3.05, 3.63) is 103 Å². The number of para-hydroxylation sites is 1. The molecule has 0 aromatic heterocycles. The van der Waals surface area contributed by atoms with Crippen LogP contribution in [0, 0.1) is 6.92 Å². The van der Waals surface area contributed by atoms with Crippen molar-refractivity contribution in [3.8, 4) is 11.5 Å². The maximum Gasteiger partial charge on any atom is 0.268 e. The number of aryl methyl sites for hydroxylation is 1. The molecular weight excluding hydrogens is 520 g/mol. The molecule has 0 unspecified atom stereocenters. The highest BCUT2D eigenvalue weighted by Crippen LogP contribution is 2.34. The van der Waals surface area contributed by atoms with Crippen LogP contribution in [0.2, 0.25) is 0 Å². The zero-order valence-electron chi connectivity index (χ0n) is 21.2. The van der Waals surface area contributed by atoms with Gasteiger partial charge in [-0.1, -0.05) is 54.2 Å². The van der Waals surface area contributed by atoms with E-state index in [1.807, 2.05) is 48.5 Å². The third-order valence-corrected chi connectivity index (χ3v) is 8.53. The number of nitrogens with one attached hydrogen (secondary N) is 1. The molecule has 0 saturated carbocycles. The average Bonchev–Trinajstić information content (AvgIpc) is 2.93. The van der Waals surface area contributed by atoms with Gasteiger partial charge in [0.2, 0.25) is 5.91 Å². The van der Waals surface area contributed by atoms with E-state index in [1.165, 1.54) is 32.0 Å². The van der Waals surface area contributed by atoms with E-state index in [0.717, 1.165) is 19.7 Å². The molecule has 0 bridgehead atoms. The second kappa shape index (κ2) is 12.1. The second-order valence-corrected chi connectivity index (χ2v) is 11.3. The summed E-state index contributed by atoms with van der Waals surface area (Å²) in [5.41, 5.74) is 1.61. The van der Waals surface area contributed by atoms with Crippen molar-refractivity contribution in [1.82, 2.24) is 0 Å². The van der Waals surface area contributed by atoms with Crippen molar-refractivity contribution < 1.29 is 22.7 Å². The SMILES string of the molecule is COc1cccc(N(CC(=O)Nc2ccccc2Sc2ccccc2)S(=O)(=O)c2cc(C)ccc2OC)c1. The van der Waals surface area contributed by atoms with Crippen LogP contribution in [0.1, 0.15) is 5.56 Å². The van der Waals surface area contributed by atoms with Crippen molar-refractivity contribution in [1.29, 1.82) is 0 Å². The summed E-state index contributed by atoms with van der Waals surface area (Å²) >= 11 is 1.51. The zero-order chi connectivity index (χ0) is 27.1. The van der Waals surface area contributed by atoms with E-state index in [0.29, 0.717) is 11.4 Å². The normalized spacial score (nSPS) is 11.0. The number of methoxy groups -OCH3 is 2. The highest BCUT2D eigenvalue weighted by Gasteiger charge is 2.30. The van der Waals surface area contributed by atoms with Crippen molar-refractivity contribution in [3.63, 3.8) is 0 Å². The Morgan fingerprint density at radius 3 is 2.34 bits per heavy atom. The summed E-state index contributed by atoms with van der Waals surface area (Å²) in [6.07, 6.45) is 0. The fourth-order valence-electron chi connectivity index (χ4n) is 3.78. The first-order valence-corrected chi connectivity index (χ1v) is 14.0. The molecule has 38 heavy (non-hydrogen) atoms. The van der Waals surface area contributed by atoms with Gasteiger partial charge in [-0.15, -0.1) is 0 Å². The summed E-state index contributed by atoms with van der Waals surface area (Å²) in [5, 5.41) is 2.89. The lowest BCUT2D eigenvalue weighted by molar-refractivity contribution is -0.114. The highest BCUT2D eigenvalue weighted by molar-refractivity contribution is 7.99. The van der Waals surface area contributed by atoms with Gasteiger partial charge < -0.3 is 14.8 Å². The van der Waals surface area contributed by atoms with Gasteiger partial charge in [0.05, 0.1) is 25.6 Å². The van der Waals surface area contributed by atoms with Gasteiger partial charge in [-0.2, -0.15) is 0 Å². The number of carbonyl (C=O) groups excluding carboxylic acids is 1. The minimum atomic E-state index is -4.20. The molecule has 0 fully saturated rings. The predicted octanol–water partition coefficient (Wildman–Crippen LogP) is 6.00. The number of nitrogens with zero attached hydrogens (tertiary/aromatic N) is 1. The van der Waals surface area contributed by atoms with Gasteiger partial charge in [0.25, 0.3) is 10.0 Å². The molecule has 0 radical (unpaired) electrons. The number of sulfonamides is 1. The zero-order valence-corrected chi connectivity index (χ0v) is 22.9. The van der Waals surface area contributed by atoms with Crippen LogP contribution in [0.25, 0.3) is 0 Å². The Balaban J connectivity index is 1.68. The van der Waals surface area contributed by atoms with E-state index in [-0.39, 0.29) is 16.3 Å². The number of benzene rings is 4. The first-order chi connectivity index (χ1) is 18.3. The first-order valence-electron chi connectivity index (χ1n) is 11.7. The summed E-state index contributed by atoms with van der Waals surface area (Å²) in [6.45, 7) is 1.33. The van der Waals surface area contributed by atoms with E-state index in [4.69, 9.17) is 9.47 Å². The largest absolute Gasteiger partial charge is 0.497 e. The number of ether oxygens (including phenoxy) is 2. The fourth-order valence-corrected chi connectivity index (χ4v) is 6.36. The quantitative estimate of drug-likeness (QED) is 0.262. The third-order valence-electron chi connectivity index (χ3n) is 5.65. The van der Waals surface area contributed by atoms with Crippen molar-refractivity contribution in [2.45, 2.75) is 21.6 Å². The minimum absolute atomic E-state index is 0.0318. The van der Waals surface area contributed by atoms with E-state index < -0.39 is 22.5 Å². The third kappa shape index (κ3) is 6.30. The Morgan fingerprint density at radius 1 is 0.868 bits per heavy atom. The molecule has 7 nitrogen and oxygen atoms in total. The molecular formula is C29H28N2O5S2. The van der Waals surface area contributed by atoms with Crippen LogP contribution in [0.15, 0.2) is 112 Å². The highest BCUT2D eigenvalue weighted by atomic mass is 32.2. The molecule has 1 amide bonds. The molecule has 0 atom stereocenters. The van der Waals surface area contributed by atoms with Crippen molar-refractivity contribution in [2.75, 3.05) is 30.4 Å². The summed E-state index contributed by atoms with van der Waals surface area (Å²) < 4.78 is 39.7. The van der Waals surface area contributed by atoms with Gasteiger partial charge in [-0.25, -0.2) is 8.42 Å². The standard InChI is InChI=1S/C29H28N2O5S2/c1-21-16-17-26(36-3)28(18-21)38(33,34)31(22-10-9-11-23(19-22)35-2)20-29(32)30-25-14-7-8-15-27(25)37-24-12-5-4-6-13-24/h4-19H,20H2,1-3H3,(H,30,32). The van der Waals surface area contributed by atoms with Crippen molar-refractivity contribution in [2.24, 2.45) is 0 Å². The average molecular weight is 549 g/mol. The molecule has 0 aliphatic heterocycles. The molecule has 0 heterocycles. The Kier molecular flexibility index (Phi) is 8.60. The first kappa shape index (κ1) is 27.1. The maximum absolute atomic E-state index is 14.0. The topological polar surface area (TPSA) is 84.9 Å². The lowest BCUT2D eigenvalue weighted by Gasteiger charge is -2.25. The summed E-state index contributed by atoms with van der Waals surface area (Å²) in [7, 11) is -1.30. The Hall–Kier alpha value is -3.95. The molecule has 196 valence electrons. The Labute approximate surface area is 227 Å². The second-order valence-electron chi connectivity index (χ2n) is 8.33. The lowest BCUT2D eigenvalue weighted by Crippen LogP contribution is -2.38. The van der Waals surface area contributed by atoms with Gasteiger partial charge in [-0.05, 0) is 61.0 Å². The number of rotatable bonds is 10. The molecule has 9 heteroatoms. The van der Waals surface area contributed by atoms with Crippen LogP contribution in [0.5, 0.6) is 11.5 Å². The van der Waals surface area contributed by atoms with E-state index in [2.05, 4.69) is 5.32 Å². The predicted molar refractivity (Wildman–Crippen MR) is 151 cm³/mol. The molecule has 0 aliphatic carbocycles. The summed E-state index contributed by atoms with van der Waals surface area (Å²) in [6, 6.07) is 28.7. The number of anilines is 2. The van der Waals surface area contributed by atoms with Crippen LogP contribution in [0.4, 0.5) is 11.4 Å². The molecule has 0 aliphatic rings. The Morgan fingerprint density at radius 2 is 1.61 bits per heavy atom. The van der Waals surface area contributed by atoms with Gasteiger partial charge in [0, 0.05) is 15.9 Å². The Bertz CT molecular complexity index is 1530. The monoisotopic (exact) mass is 548 g/mol. The van der Waals surface area contributed by atoms with Crippen LogP contribution in [-0.2, 0) is 14.8 Å². The van der Waals surface area contributed by atoms with E-state index in [1.54, 1.807) is 49.4 Å². The van der Waals surface area contributed by atoms with E-state index >= 15 is 0 Å². The molecule has 1 N–H and O–H groups in total. The lowest BCUT2D eigenvalue weighted by atomic mass is 10.2. The maximum atomic E-state index is 14.0. The fraction of sp³-hybridized carbons (Fsp3) is 0.138. The molecule has 4 aromatic rings. The van der Waals surface area contributed by atoms with Gasteiger partial charge in [0.1, 0.15) is 22.9 Å². The molecule has 4 rings (SSSR count). The number of amides is 1. The van der Waals surface area contributed by atoms with Crippen LogP contribution in [0.3, 0.4) is 0 Å². The van der Waals surface area contributed by atoms with Gasteiger partial charge in [-0.3, -0.25) is 9.10 Å². The summed E-state index contributed by atoms with van der Waals surface area (Å²) in [4.78, 5) is 15.2. The van der Waals surface area contributed by atoms with Gasteiger partial charge in [0.15, 0.2) is 0 Å². The number of carbonyl (C=O) groups is 1. The van der Waals surface area contributed by atoms with Gasteiger partial charge >= 0.3 is 0 Å². The molecule has 0 saturated heterocycles. The number of hydrogen-bond acceptors (Lipinski definition) is 6. The van der Waals surface area contributed by atoms with Crippen LogP contribution >= 0.6 is 11.8 Å². The smallest absolute Gasteiger partial charge is 0.268 e. The van der Waals surface area contributed by atoms with Crippen LogP contribution < -0.4 is 19.1 Å². The number of hydrogen-bond donors (Lipinski definition) is 1. The minimum Gasteiger partial charge on any atom is -0.497 e. The van der Waals surface area contributed by atoms with E-state index in [9.17, 15) is 13.2 Å².